The third-order valence-electron chi connectivity index (χ3n) is 4.49. The van der Waals surface area contributed by atoms with E-state index >= 15 is 0 Å². The molecule has 0 aromatic rings. The van der Waals surface area contributed by atoms with E-state index in [1.165, 1.54) is 64.9 Å². The minimum Gasteiger partial charge on any atom is -0.469 e. The van der Waals surface area contributed by atoms with Gasteiger partial charge in [-0.15, -0.1) is 0 Å². The van der Waals surface area contributed by atoms with E-state index in [1.807, 2.05) is 0 Å². The van der Waals surface area contributed by atoms with E-state index in [2.05, 4.69) is 43.7 Å². The van der Waals surface area contributed by atoms with Gasteiger partial charge in [0.15, 0.2) is 0 Å². The zero-order chi connectivity index (χ0) is 18.0. The molecule has 2 heteroatoms. The molecule has 0 unspecified atom stereocenters. The summed E-state index contributed by atoms with van der Waals surface area (Å²) >= 11 is 0. The molecule has 0 heterocycles. The van der Waals surface area contributed by atoms with Crippen LogP contribution in [0.5, 0.6) is 0 Å². The second-order valence-electron chi connectivity index (χ2n) is 7.02. The number of hydrogen-bond acceptors (Lipinski definition) is 2. The van der Waals surface area contributed by atoms with Gasteiger partial charge in [0, 0.05) is 6.42 Å². The summed E-state index contributed by atoms with van der Waals surface area (Å²) in [4.78, 5) is 11.0. The topological polar surface area (TPSA) is 26.3 Å². The summed E-state index contributed by atoms with van der Waals surface area (Å²) in [6, 6.07) is 0. The maximum absolute atomic E-state index is 11.0. The van der Waals surface area contributed by atoms with Crippen LogP contribution in [0.25, 0.3) is 0 Å². The fourth-order valence-corrected chi connectivity index (χ4v) is 2.77. The summed E-state index contributed by atoms with van der Waals surface area (Å²) < 4.78 is 4.66. The smallest absolute Gasteiger partial charge is 0.305 e. The second kappa shape index (κ2) is 16.8. The normalized spacial score (nSPS) is 12.3. The minimum atomic E-state index is -0.0819. The molecule has 0 rings (SSSR count). The largest absolute Gasteiger partial charge is 0.469 e. The van der Waals surface area contributed by atoms with Gasteiger partial charge in [0.05, 0.1) is 7.11 Å². The van der Waals surface area contributed by atoms with Crippen molar-refractivity contribution in [1.29, 1.82) is 0 Å². The Bertz CT molecular complexity index is 353. The molecule has 0 aliphatic rings. The molecular formula is C22H40O2. The van der Waals surface area contributed by atoms with Gasteiger partial charge in [-0.25, -0.2) is 0 Å². The molecule has 0 aromatic heterocycles. The van der Waals surface area contributed by atoms with Gasteiger partial charge in [-0.2, -0.15) is 0 Å². The van der Waals surface area contributed by atoms with Crippen molar-refractivity contribution in [3.63, 3.8) is 0 Å². The second-order valence-corrected chi connectivity index (χ2v) is 7.02. The van der Waals surface area contributed by atoms with E-state index in [-0.39, 0.29) is 5.97 Å². The maximum Gasteiger partial charge on any atom is 0.305 e. The first-order chi connectivity index (χ1) is 11.6. The third-order valence-corrected chi connectivity index (χ3v) is 4.49. The Morgan fingerprint density at radius 2 is 1.54 bits per heavy atom. The molecular weight excluding hydrogens is 296 g/mol. The average Bonchev–Trinajstić information content (AvgIpc) is 2.57. The molecule has 0 atom stereocenters. The first-order valence-corrected chi connectivity index (χ1v) is 10.0. The molecule has 0 aromatic carbocycles. The van der Waals surface area contributed by atoms with Crippen molar-refractivity contribution in [1.82, 2.24) is 0 Å². The van der Waals surface area contributed by atoms with Crippen LogP contribution in [0.15, 0.2) is 23.8 Å². The fourth-order valence-electron chi connectivity index (χ4n) is 2.77. The van der Waals surface area contributed by atoms with E-state index in [9.17, 15) is 4.79 Å². The number of rotatable bonds is 15. The lowest BCUT2D eigenvalue weighted by atomic mass is 9.96. The molecule has 0 fully saturated rings. The number of unbranched alkanes of at least 4 members (excludes halogenated alkanes) is 8. The van der Waals surface area contributed by atoms with Crippen molar-refractivity contribution in [2.75, 3.05) is 7.11 Å². The summed E-state index contributed by atoms with van der Waals surface area (Å²) in [5, 5.41) is 0. The van der Waals surface area contributed by atoms with Gasteiger partial charge in [-0.3, -0.25) is 4.79 Å². The number of allylic oxidation sites excluding steroid dienone is 4. The van der Waals surface area contributed by atoms with Crippen molar-refractivity contribution in [2.24, 2.45) is 5.92 Å². The van der Waals surface area contributed by atoms with Crippen LogP contribution in [0.2, 0.25) is 0 Å². The van der Waals surface area contributed by atoms with E-state index in [4.69, 9.17) is 0 Å². The van der Waals surface area contributed by atoms with E-state index < -0.39 is 0 Å². The van der Waals surface area contributed by atoms with Crippen molar-refractivity contribution in [2.45, 2.75) is 97.8 Å². The average molecular weight is 337 g/mol. The van der Waals surface area contributed by atoms with Crippen molar-refractivity contribution < 1.29 is 9.53 Å². The third kappa shape index (κ3) is 14.5. The molecule has 0 aliphatic carbocycles. The molecule has 0 saturated carbocycles. The summed E-state index contributed by atoms with van der Waals surface area (Å²) in [7, 11) is 1.46. The molecule has 140 valence electrons. The van der Waals surface area contributed by atoms with E-state index in [0.29, 0.717) is 12.3 Å². The van der Waals surface area contributed by atoms with Crippen LogP contribution >= 0.6 is 0 Å². The highest BCUT2D eigenvalue weighted by atomic mass is 16.5. The van der Waals surface area contributed by atoms with E-state index in [0.717, 1.165) is 12.8 Å². The Labute approximate surface area is 150 Å². The predicted molar refractivity (Wildman–Crippen MR) is 105 cm³/mol. The molecule has 0 bridgehead atoms. The van der Waals surface area contributed by atoms with Crippen LogP contribution in [0, 0.1) is 5.92 Å². The highest BCUT2D eigenvalue weighted by Gasteiger charge is 2.03. The van der Waals surface area contributed by atoms with Crippen molar-refractivity contribution in [3.8, 4) is 0 Å². The number of esters is 1. The minimum absolute atomic E-state index is 0.0819. The predicted octanol–water partition coefficient (Wildman–Crippen LogP) is 7.00. The van der Waals surface area contributed by atoms with Crippen LogP contribution in [0.3, 0.4) is 0 Å². The first-order valence-electron chi connectivity index (χ1n) is 10.0. The summed E-state index contributed by atoms with van der Waals surface area (Å²) in [5.74, 6) is 0.551. The molecule has 0 spiro atoms. The molecule has 0 radical (unpaired) electrons. The Morgan fingerprint density at radius 1 is 0.917 bits per heavy atom. The van der Waals surface area contributed by atoms with Gasteiger partial charge in [-0.1, -0.05) is 83.1 Å². The van der Waals surface area contributed by atoms with Gasteiger partial charge in [0.1, 0.15) is 0 Å². The van der Waals surface area contributed by atoms with E-state index in [1.54, 1.807) is 5.57 Å². The maximum atomic E-state index is 11.0. The summed E-state index contributed by atoms with van der Waals surface area (Å²) in [5.41, 5.74) is 1.56. The van der Waals surface area contributed by atoms with Gasteiger partial charge >= 0.3 is 5.97 Å². The highest BCUT2D eigenvalue weighted by Crippen LogP contribution is 2.19. The van der Waals surface area contributed by atoms with Crippen molar-refractivity contribution in [3.05, 3.63) is 23.8 Å². The van der Waals surface area contributed by atoms with Gasteiger partial charge < -0.3 is 4.74 Å². The van der Waals surface area contributed by atoms with Crippen LogP contribution in [-0.2, 0) is 9.53 Å². The SMILES string of the molecule is CCCCCC/C=C/C=C(/CCCCCCCC(=O)OC)C(C)C. The fraction of sp³-hybridized carbons (Fsp3) is 0.773. The standard InChI is InChI=1S/C22H40O2/c1-5-6-7-8-9-11-14-17-21(20(2)3)18-15-12-10-13-16-19-22(23)24-4/h11,14,17,20H,5-10,12-13,15-16,18-19H2,1-4H3/b14-11+,21-17-. The Balaban J connectivity index is 3.81. The molecule has 2 nitrogen and oxygen atoms in total. The zero-order valence-electron chi connectivity index (χ0n) is 16.6. The molecule has 0 aliphatic heterocycles. The highest BCUT2D eigenvalue weighted by molar-refractivity contribution is 5.68. The lowest BCUT2D eigenvalue weighted by Crippen LogP contribution is -1.99. The number of carbonyl (C=O) groups is 1. The van der Waals surface area contributed by atoms with Gasteiger partial charge in [-0.05, 0) is 38.0 Å². The van der Waals surface area contributed by atoms with Crippen LogP contribution in [0.1, 0.15) is 97.8 Å². The summed E-state index contributed by atoms with van der Waals surface area (Å²) in [6.07, 6.45) is 21.1. The Morgan fingerprint density at radius 3 is 2.17 bits per heavy atom. The quantitative estimate of drug-likeness (QED) is 0.183. The van der Waals surface area contributed by atoms with Crippen LogP contribution in [0.4, 0.5) is 0 Å². The van der Waals surface area contributed by atoms with Gasteiger partial charge in [0.25, 0.3) is 0 Å². The Hall–Kier alpha value is -1.05. The van der Waals surface area contributed by atoms with Crippen LogP contribution < -0.4 is 0 Å². The molecule has 24 heavy (non-hydrogen) atoms. The molecule has 0 amide bonds. The number of ether oxygens (including phenoxy) is 1. The van der Waals surface area contributed by atoms with Gasteiger partial charge in [0.2, 0.25) is 0 Å². The summed E-state index contributed by atoms with van der Waals surface area (Å²) in [6.45, 7) is 6.83. The number of hydrogen-bond donors (Lipinski definition) is 0. The molecule has 0 saturated heterocycles. The molecule has 0 N–H and O–H groups in total. The zero-order valence-corrected chi connectivity index (χ0v) is 16.6. The monoisotopic (exact) mass is 336 g/mol. The Kier molecular flexibility index (Phi) is 16.1. The van der Waals surface area contributed by atoms with Crippen molar-refractivity contribution >= 4 is 5.97 Å². The lowest BCUT2D eigenvalue weighted by Gasteiger charge is -2.10. The number of methoxy groups -OCH3 is 1. The first kappa shape index (κ1) is 22.9. The number of carbonyl (C=O) groups excluding carboxylic acids is 1. The lowest BCUT2D eigenvalue weighted by molar-refractivity contribution is -0.140. The van der Waals surface area contributed by atoms with Crippen LogP contribution in [-0.4, -0.2) is 13.1 Å².